The summed E-state index contributed by atoms with van der Waals surface area (Å²) in [5.41, 5.74) is -0.243. The molecule has 0 aromatic rings. The molecule has 2 aliphatic rings. The number of nitrogens with zero attached hydrogens (tertiary/aromatic N) is 1. The standard InChI is InChI=1S/C11H20N2O2/c1-13-7-3-4-11(10(14)15-2)5-6-12-8-9(11)13/h9,12H,3-8H2,1-2H3. The summed E-state index contributed by atoms with van der Waals surface area (Å²) in [6.45, 7) is 2.93. The van der Waals surface area contributed by atoms with Gasteiger partial charge >= 0.3 is 5.97 Å². The van der Waals surface area contributed by atoms with Crippen LogP contribution in [0.4, 0.5) is 0 Å². The van der Waals surface area contributed by atoms with Crippen LogP contribution in [0, 0.1) is 5.41 Å². The van der Waals surface area contributed by atoms with E-state index in [9.17, 15) is 4.79 Å². The third-order valence-electron chi connectivity index (χ3n) is 3.98. The van der Waals surface area contributed by atoms with Gasteiger partial charge in [0.2, 0.25) is 0 Å². The van der Waals surface area contributed by atoms with E-state index in [1.165, 1.54) is 7.11 Å². The minimum Gasteiger partial charge on any atom is -0.469 e. The lowest BCUT2D eigenvalue weighted by Crippen LogP contribution is -2.62. The van der Waals surface area contributed by atoms with Crippen LogP contribution in [0.1, 0.15) is 19.3 Å². The predicted molar refractivity (Wildman–Crippen MR) is 57.6 cm³/mol. The largest absolute Gasteiger partial charge is 0.469 e. The summed E-state index contributed by atoms with van der Waals surface area (Å²) >= 11 is 0. The fourth-order valence-electron chi connectivity index (χ4n) is 3.12. The van der Waals surface area contributed by atoms with Crippen molar-refractivity contribution in [3.63, 3.8) is 0 Å². The Morgan fingerprint density at radius 2 is 2.33 bits per heavy atom. The number of ether oxygens (including phenoxy) is 1. The third-order valence-corrected chi connectivity index (χ3v) is 3.98. The summed E-state index contributed by atoms with van der Waals surface area (Å²) in [5, 5.41) is 3.37. The van der Waals surface area contributed by atoms with E-state index < -0.39 is 0 Å². The number of hydrogen-bond acceptors (Lipinski definition) is 4. The lowest BCUT2D eigenvalue weighted by atomic mass is 9.69. The second-order valence-corrected chi connectivity index (χ2v) is 4.70. The molecule has 15 heavy (non-hydrogen) atoms. The first-order valence-corrected chi connectivity index (χ1v) is 5.70. The first-order valence-electron chi connectivity index (χ1n) is 5.70. The van der Waals surface area contributed by atoms with Crippen LogP contribution >= 0.6 is 0 Å². The zero-order chi connectivity index (χ0) is 10.9. The Morgan fingerprint density at radius 1 is 1.53 bits per heavy atom. The zero-order valence-electron chi connectivity index (χ0n) is 9.58. The molecule has 0 aromatic carbocycles. The number of hydrogen-bond donors (Lipinski definition) is 1. The van der Waals surface area contributed by atoms with Gasteiger partial charge in [-0.1, -0.05) is 0 Å². The van der Waals surface area contributed by atoms with Gasteiger partial charge in [0.25, 0.3) is 0 Å². The lowest BCUT2D eigenvalue weighted by Gasteiger charge is -2.49. The summed E-state index contributed by atoms with van der Waals surface area (Å²) in [7, 11) is 3.61. The Labute approximate surface area is 91.0 Å². The topological polar surface area (TPSA) is 41.6 Å². The fourth-order valence-corrected chi connectivity index (χ4v) is 3.12. The summed E-state index contributed by atoms with van der Waals surface area (Å²) in [5.74, 6) is -0.0134. The van der Waals surface area contributed by atoms with E-state index in [0.717, 1.165) is 38.9 Å². The molecular weight excluding hydrogens is 192 g/mol. The van der Waals surface area contributed by atoms with Crippen LogP contribution in [0.2, 0.25) is 0 Å². The highest BCUT2D eigenvalue weighted by Crippen LogP contribution is 2.40. The van der Waals surface area contributed by atoms with Crippen LogP contribution in [-0.2, 0) is 9.53 Å². The molecule has 0 bridgehead atoms. The molecule has 2 atom stereocenters. The number of carbonyl (C=O) groups excluding carboxylic acids is 1. The van der Waals surface area contributed by atoms with Gasteiger partial charge in [-0.05, 0) is 39.4 Å². The van der Waals surface area contributed by atoms with Crippen molar-refractivity contribution in [1.82, 2.24) is 10.2 Å². The second-order valence-electron chi connectivity index (χ2n) is 4.70. The normalized spacial score (nSPS) is 37.1. The Balaban J connectivity index is 2.25. The monoisotopic (exact) mass is 212 g/mol. The molecule has 0 aliphatic carbocycles. The minimum atomic E-state index is -0.243. The number of piperidine rings is 2. The quantitative estimate of drug-likeness (QED) is 0.632. The molecule has 0 radical (unpaired) electrons. The molecular formula is C11H20N2O2. The fraction of sp³-hybridized carbons (Fsp3) is 0.909. The van der Waals surface area contributed by atoms with Crippen molar-refractivity contribution >= 4 is 5.97 Å². The highest BCUT2D eigenvalue weighted by Gasteiger charge is 2.51. The molecule has 2 rings (SSSR count). The molecule has 4 nitrogen and oxygen atoms in total. The highest BCUT2D eigenvalue weighted by molar-refractivity contribution is 5.78. The van der Waals surface area contributed by atoms with Gasteiger partial charge in [-0.15, -0.1) is 0 Å². The van der Waals surface area contributed by atoms with E-state index in [1.807, 2.05) is 0 Å². The van der Waals surface area contributed by atoms with E-state index in [-0.39, 0.29) is 11.4 Å². The Bertz CT molecular complexity index is 253. The van der Waals surface area contributed by atoms with Crippen LogP contribution in [0.25, 0.3) is 0 Å². The number of nitrogens with one attached hydrogen (secondary N) is 1. The number of fused-ring (bicyclic) bond motifs is 1. The first-order chi connectivity index (χ1) is 7.20. The maximum atomic E-state index is 12.0. The highest BCUT2D eigenvalue weighted by atomic mass is 16.5. The smallest absolute Gasteiger partial charge is 0.313 e. The summed E-state index contributed by atoms with van der Waals surface area (Å²) < 4.78 is 5.00. The number of methoxy groups -OCH3 is 1. The van der Waals surface area contributed by atoms with Gasteiger partial charge in [0.05, 0.1) is 12.5 Å². The lowest BCUT2D eigenvalue weighted by molar-refractivity contribution is -0.162. The summed E-state index contributed by atoms with van der Waals surface area (Å²) in [4.78, 5) is 14.3. The van der Waals surface area contributed by atoms with Crippen LogP contribution in [0.15, 0.2) is 0 Å². The average Bonchev–Trinajstić information content (AvgIpc) is 2.28. The molecule has 1 N–H and O–H groups in total. The molecule has 0 aromatic heterocycles. The van der Waals surface area contributed by atoms with Gasteiger partial charge in [-0.25, -0.2) is 0 Å². The summed E-state index contributed by atoms with van der Waals surface area (Å²) in [6.07, 6.45) is 2.99. The molecule has 4 heteroatoms. The number of esters is 1. The van der Waals surface area contributed by atoms with Gasteiger partial charge in [-0.2, -0.15) is 0 Å². The molecule has 2 fully saturated rings. The molecule has 2 aliphatic heterocycles. The molecule has 0 amide bonds. The number of likely N-dealkylation sites (tertiary alicyclic amines) is 1. The van der Waals surface area contributed by atoms with Crippen molar-refractivity contribution < 1.29 is 9.53 Å². The van der Waals surface area contributed by atoms with Gasteiger partial charge in [0, 0.05) is 12.6 Å². The van der Waals surface area contributed by atoms with E-state index in [2.05, 4.69) is 17.3 Å². The van der Waals surface area contributed by atoms with Crippen LogP contribution < -0.4 is 5.32 Å². The maximum absolute atomic E-state index is 12.0. The molecule has 2 saturated heterocycles. The Hall–Kier alpha value is -0.610. The SMILES string of the molecule is COC(=O)C12CCCN(C)C1CNCC2. The third kappa shape index (κ3) is 1.66. The van der Waals surface area contributed by atoms with E-state index >= 15 is 0 Å². The Morgan fingerprint density at radius 3 is 3.07 bits per heavy atom. The van der Waals surface area contributed by atoms with Crippen molar-refractivity contribution in [1.29, 1.82) is 0 Å². The van der Waals surface area contributed by atoms with Gasteiger partial charge in [0.1, 0.15) is 0 Å². The molecule has 0 spiro atoms. The second kappa shape index (κ2) is 4.10. The van der Waals surface area contributed by atoms with Crippen LogP contribution in [0.5, 0.6) is 0 Å². The first kappa shape index (κ1) is 10.9. The van der Waals surface area contributed by atoms with Crippen molar-refractivity contribution in [2.45, 2.75) is 25.3 Å². The Kier molecular flexibility index (Phi) is 2.98. The van der Waals surface area contributed by atoms with Crippen molar-refractivity contribution in [2.24, 2.45) is 5.41 Å². The number of carbonyl (C=O) groups is 1. The summed E-state index contributed by atoms with van der Waals surface area (Å²) in [6, 6.07) is 0.312. The molecule has 86 valence electrons. The van der Waals surface area contributed by atoms with Gasteiger partial charge in [-0.3, -0.25) is 4.79 Å². The molecule has 2 unspecified atom stereocenters. The van der Waals surface area contributed by atoms with E-state index in [4.69, 9.17) is 4.74 Å². The molecule has 2 heterocycles. The zero-order valence-corrected chi connectivity index (χ0v) is 9.58. The van der Waals surface area contributed by atoms with Crippen molar-refractivity contribution in [2.75, 3.05) is 33.8 Å². The van der Waals surface area contributed by atoms with Crippen molar-refractivity contribution in [3.8, 4) is 0 Å². The predicted octanol–water partition coefficient (Wildman–Crippen LogP) is 0.233. The van der Waals surface area contributed by atoms with E-state index in [0.29, 0.717) is 6.04 Å². The van der Waals surface area contributed by atoms with Crippen LogP contribution in [-0.4, -0.2) is 50.7 Å². The van der Waals surface area contributed by atoms with E-state index in [1.54, 1.807) is 0 Å². The van der Waals surface area contributed by atoms with Gasteiger partial charge < -0.3 is 15.0 Å². The van der Waals surface area contributed by atoms with Gasteiger partial charge in [0.15, 0.2) is 0 Å². The average molecular weight is 212 g/mol. The number of likely N-dealkylation sites (N-methyl/N-ethyl adjacent to an activating group) is 1. The number of rotatable bonds is 1. The molecule has 0 saturated carbocycles. The van der Waals surface area contributed by atoms with Crippen LogP contribution in [0.3, 0.4) is 0 Å². The minimum absolute atomic E-state index is 0.0134. The maximum Gasteiger partial charge on any atom is 0.313 e. The van der Waals surface area contributed by atoms with Crippen molar-refractivity contribution in [3.05, 3.63) is 0 Å².